The van der Waals surface area contributed by atoms with Crippen LogP contribution >= 0.6 is 15.9 Å². The molecule has 0 aliphatic carbocycles. The number of halogens is 1. The summed E-state index contributed by atoms with van der Waals surface area (Å²) < 4.78 is 4.65. The number of alkyl halides is 1. The Bertz CT molecular complexity index is 136. The molecule has 9 heavy (non-hydrogen) atoms. The highest BCUT2D eigenvalue weighted by molar-refractivity contribution is 9.10. The number of hydrogen-bond acceptors (Lipinski definition) is 3. The first-order chi connectivity index (χ1) is 4.13. The van der Waals surface area contributed by atoms with Crippen LogP contribution in [0.1, 0.15) is 6.92 Å². The topological polar surface area (TPSA) is 46.5 Å². The molecule has 3 nitrogen and oxygen atoms in total. The van der Waals surface area contributed by atoms with Crippen LogP contribution in [-0.4, -0.2) is 28.1 Å². The third-order valence-electron chi connectivity index (χ3n) is 1.31. The second kappa shape index (κ2) is 2.27. The van der Waals surface area contributed by atoms with Crippen LogP contribution in [0.3, 0.4) is 0 Å². The molecule has 1 aliphatic heterocycles. The maximum Gasteiger partial charge on any atom is 0.322 e. The number of carbonyl (C=O) groups is 1. The molecule has 0 saturated carbocycles. The van der Waals surface area contributed by atoms with Crippen LogP contribution in [0.15, 0.2) is 0 Å². The number of rotatable bonds is 0. The van der Waals surface area contributed by atoms with E-state index < -0.39 is 10.9 Å². The first-order valence-corrected chi connectivity index (χ1v) is 3.57. The van der Waals surface area contributed by atoms with Crippen molar-refractivity contribution < 1.29 is 14.6 Å². The molecule has 0 aromatic carbocycles. The molecular formula is C5H7BrO3. The van der Waals surface area contributed by atoms with E-state index >= 15 is 0 Å². The summed E-state index contributed by atoms with van der Waals surface area (Å²) in [5.41, 5.74) is 0. The lowest BCUT2D eigenvalue weighted by atomic mass is 10.2. The zero-order valence-electron chi connectivity index (χ0n) is 4.87. The molecule has 0 spiro atoms. The van der Waals surface area contributed by atoms with Gasteiger partial charge in [0, 0.05) is 0 Å². The van der Waals surface area contributed by atoms with Gasteiger partial charge < -0.3 is 9.84 Å². The second-order valence-electron chi connectivity index (χ2n) is 2.03. The van der Waals surface area contributed by atoms with Gasteiger partial charge in [-0.3, -0.25) is 4.79 Å². The van der Waals surface area contributed by atoms with Crippen molar-refractivity contribution in [2.75, 3.05) is 0 Å². The number of carbonyl (C=O) groups excluding carboxylic acids is 1. The number of cyclic esters (lactones) is 1. The fraction of sp³-hybridized carbons (Fsp3) is 0.800. The van der Waals surface area contributed by atoms with Crippen LogP contribution in [0, 0.1) is 0 Å². The quantitative estimate of drug-likeness (QED) is 0.439. The molecule has 52 valence electrons. The molecule has 1 unspecified atom stereocenters. The van der Waals surface area contributed by atoms with Crippen LogP contribution in [0.5, 0.6) is 0 Å². The Labute approximate surface area is 61.1 Å². The minimum Gasteiger partial charge on any atom is -0.459 e. The molecular weight excluding hydrogens is 188 g/mol. The number of aliphatic hydroxyl groups excluding tert-OH is 1. The van der Waals surface area contributed by atoms with Crippen molar-refractivity contribution in [1.29, 1.82) is 0 Å². The van der Waals surface area contributed by atoms with Crippen molar-refractivity contribution >= 4 is 21.9 Å². The Kier molecular flexibility index (Phi) is 1.77. The molecule has 0 aromatic rings. The van der Waals surface area contributed by atoms with E-state index in [1.807, 2.05) is 0 Å². The van der Waals surface area contributed by atoms with E-state index in [9.17, 15) is 4.79 Å². The lowest BCUT2D eigenvalue weighted by molar-refractivity contribution is -0.140. The van der Waals surface area contributed by atoms with Crippen LogP contribution in [0.25, 0.3) is 0 Å². The van der Waals surface area contributed by atoms with E-state index in [1.54, 1.807) is 6.92 Å². The predicted octanol–water partition coefficient (Wildman–Crippen LogP) is 0.0561. The van der Waals surface area contributed by atoms with Gasteiger partial charge in [-0.1, -0.05) is 15.9 Å². The lowest BCUT2D eigenvalue weighted by Gasteiger charge is -2.04. The molecule has 0 radical (unpaired) electrons. The highest BCUT2D eigenvalue weighted by atomic mass is 79.9. The fourth-order valence-corrected chi connectivity index (χ4v) is 1.23. The van der Waals surface area contributed by atoms with Gasteiger partial charge in [-0.2, -0.15) is 0 Å². The van der Waals surface area contributed by atoms with Gasteiger partial charge in [0.05, 0.1) is 0 Å². The summed E-state index contributed by atoms with van der Waals surface area (Å²) in [6.07, 6.45) is -1.07. The Balaban J connectivity index is 2.65. The summed E-state index contributed by atoms with van der Waals surface area (Å²) >= 11 is 2.98. The zero-order valence-corrected chi connectivity index (χ0v) is 6.46. The molecule has 1 fully saturated rings. The maximum absolute atomic E-state index is 10.6. The minimum absolute atomic E-state index is 0.373. The van der Waals surface area contributed by atoms with Gasteiger partial charge in [0.25, 0.3) is 0 Å². The van der Waals surface area contributed by atoms with E-state index in [4.69, 9.17) is 5.11 Å². The summed E-state index contributed by atoms with van der Waals surface area (Å²) in [4.78, 5) is 10.0. The molecule has 1 rings (SSSR count). The highest BCUT2D eigenvalue weighted by Gasteiger charge is 2.39. The van der Waals surface area contributed by atoms with E-state index in [0.717, 1.165) is 0 Å². The Morgan fingerprint density at radius 3 is 2.44 bits per heavy atom. The van der Waals surface area contributed by atoms with E-state index in [2.05, 4.69) is 20.7 Å². The summed E-state index contributed by atoms with van der Waals surface area (Å²) in [5.74, 6) is -0.380. The molecule has 0 aromatic heterocycles. The first-order valence-electron chi connectivity index (χ1n) is 2.65. The highest BCUT2D eigenvalue weighted by Crippen LogP contribution is 2.21. The van der Waals surface area contributed by atoms with Gasteiger partial charge in [0.15, 0.2) is 0 Å². The SMILES string of the molecule is C[C@H]1OC(=O)C(Br)[C@@H]1O. The van der Waals surface area contributed by atoms with Crippen molar-refractivity contribution in [3.63, 3.8) is 0 Å². The van der Waals surface area contributed by atoms with Crippen molar-refractivity contribution in [1.82, 2.24) is 0 Å². The standard InChI is InChI=1S/C5H7BrO3/c1-2-4(7)3(6)5(8)9-2/h2-4,7H,1H3/t2-,3?,4-/m1/s1. The van der Waals surface area contributed by atoms with E-state index in [1.165, 1.54) is 0 Å². The Hall–Kier alpha value is -0.0900. The Morgan fingerprint density at radius 2 is 2.33 bits per heavy atom. The van der Waals surface area contributed by atoms with Crippen molar-refractivity contribution in [3.05, 3.63) is 0 Å². The fourth-order valence-electron chi connectivity index (χ4n) is 0.695. The number of esters is 1. The number of hydrogen-bond donors (Lipinski definition) is 1. The average Bonchev–Trinajstić information content (AvgIpc) is 1.98. The average molecular weight is 195 g/mol. The molecule has 1 aliphatic rings. The van der Waals surface area contributed by atoms with Crippen LogP contribution in [-0.2, 0) is 9.53 Å². The maximum atomic E-state index is 10.6. The molecule has 1 heterocycles. The molecule has 0 amide bonds. The number of ether oxygens (including phenoxy) is 1. The van der Waals surface area contributed by atoms with Gasteiger partial charge in [0.2, 0.25) is 0 Å². The van der Waals surface area contributed by atoms with Crippen LogP contribution in [0.2, 0.25) is 0 Å². The van der Waals surface area contributed by atoms with Gasteiger partial charge in [-0.15, -0.1) is 0 Å². The Morgan fingerprint density at radius 1 is 1.78 bits per heavy atom. The second-order valence-corrected chi connectivity index (χ2v) is 3.02. The monoisotopic (exact) mass is 194 g/mol. The van der Waals surface area contributed by atoms with Crippen molar-refractivity contribution in [2.45, 2.75) is 24.0 Å². The molecule has 0 bridgehead atoms. The summed E-state index contributed by atoms with van der Waals surface area (Å²) in [5, 5.41) is 9.04. The van der Waals surface area contributed by atoms with Gasteiger partial charge >= 0.3 is 5.97 Å². The molecule has 1 saturated heterocycles. The lowest BCUT2D eigenvalue weighted by Crippen LogP contribution is -2.24. The summed E-state index contributed by atoms with van der Waals surface area (Å²) in [6, 6.07) is 0. The van der Waals surface area contributed by atoms with Gasteiger partial charge in [0.1, 0.15) is 17.0 Å². The van der Waals surface area contributed by atoms with Crippen molar-refractivity contribution in [2.24, 2.45) is 0 Å². The summed E-state index contributed by atoms with van der Waals surface area (Å²) in [7, 11) is 0. The number of aliphatic hydroxyl groups is 1. The van der Waals surface area contributed by atoms with E-state index in [-0.39, 0.29) is 12.1 Å². The van der Waals surface area contributed by atoms with E-state index in [0.29, 0.717) is 0 Å². The third kappa shape index (κ3) is 1.09. The molecule has 3 atom stereocenters. The van der Waals surface area contributed by atoms with Crippen LogP contribution < -0.4 is 0 Å². The van der Waals surface area contributed by atoms with Gasteiger partial charge in [-0.05, 0) is 6.92 Å². The van der Waals surface area contributed by atoms with Gasteiger partial charge in [-0.25, -0.2) is 0 Å². The van der Waals surface area contributed by atoms with Crippen molar-refractivity contribution in [3.8, 4) is 0 Å². The predicted molar refractivity (Wildman–Crippen MR) is 34.3 cm³/mol. The zero-order chi connectivity index (χ0) is 7.02. The largest absolute Gasteiger partial charge is 0.459 e. The van der Waals surface area contributed by atoms with Crippen LogP contribution in [0.4, 0.5) is 0 Å². The summed E-state index contributed by atoms with van der Waals surface area (Å²) in [6.45, 7) is 1.66. The molecule has 4 heteroatoms. The normalized spacial score (nSPS) is 43.0. The first kappa shape index (κ1) is 7.02. The minimum atomic E-state index is -0.697. The smallest absolute Gasteiger partial charge is 0.322 e. The molecule has 1 N–H and O–H groups in total. The third-order valence-corrected chi connectivity index (χ3v) is 2.22.